The lowest BCUT2D eigenvalue weighted by Gasteiger charge is -2.26. The molecule has 2 aromatic carbocycles. The molecular formula is C24H26N6OS. The molecule has 0 aliphatic carbocycles. The first-order valence-electron chi connectivity index (χ1n) is 11.1. The Labute approximate surface area is 190 Å². The van der Waals surface area contributed by atoms with Crippen LogP contribution in [-0.4, -0.2) is 42.7 Å². The highest BCUT2D eigenvalue weighted by Gasteiger charge is 2.18. The number of thioether (sulfide) groups is 1. The smallest absolute Gasteiger partial charge is 0.258 e. The molecule has 0 unspecified atom stereocenters. The summed E-state index contributed by atoms with van der Waals surface area (Å²) in [5.74, 6) is 2.15. The molecule has 0 amide bonds. The highest BCUT2D eigenvalue weighted by molar-refractivity contribution is 7.98. The van der Waals surface area contributed by atoms with E-state index in [9.17, 15) is 4.79 Å². The van der Waals surface area contributed by atoms with E-state index < -0.39 is 0 Å². The van der Waals surface area contributed by atoms with Crippen molar-refractivity contribution >= 4 is 22.7 Å². The van der Waals surface area contributed by atoms with Crippen molar-refractivity contribution in [1.29, 1.82) is 0 Å². The third-order valence-corrected chi connectivity index (χ3v) is 6.77. The zero-order valence-corrected chi connectivity index (χ0v) is 18.7. The van der Waals surface area contributed by atoms with Gasteiger partial charge in [-0.1, -0.05) is 60.6 Å². The number of hydrogen-bond donors (Lipinski definition) is 1. The van der Waals surface area contributed by atoms with E-state index in [1.165, 1.54) is 24.8 Å². The standard InChI is InChI=1S/C24H26N6OS/c31-23-19-11-5-6-12-20(19)25-21(26-23)17-32-24-28-27-22(16-29-13-7-2-8-14-29)30(24)15-18-9-3-1-4-10-18/h1,3-6,9-12H,2,7-8,13-17H2,(H,25,26,31). The van der Waals surface area contributed by atoms with Gasteiger partial charge in [-0.05, 0) is 43.6 Å². The molecular weight excluding hydrogens is 420 g/mol. The lowest BCUT2D eigenvalue weighted by molar-refractivity contribution is 0.213. The molecule has 7 nitrogen and oxygen atoms in total. The van der Waals surface area contributed by atoms with Crippen molar-refractivity contribution in [2.24, 2.45) is 0 Å². The van der Waals surface area contributed by atoms with Gasteiger partial charge in [0.2, 0.25) is 0 Å². The summed E-state index contributed by atoms with van der Waals surface area (Å²) in [6.45, 7) is 3.76. The fraction of sp³-hybridized carbons (Fsp3) is 0.333. The molecule has 1 N–H and O–H groups in total. The van der Waals surface area contributed by atoms with Crippen molar-refractivity contribution in [2.45, 2.75) is 43.3 Å². The van der Waals surface area contributed by atoms with Gasteiger partial charge in [0.05, 0.1) is 29.7 Å². The van der Waals surface area contributed by atoms with Crippen LogP contribution in [0.25, 0.3) is 10.9 Å². The average molecular weight is 447 g/mol. The lowest BCUT2D eigenvalue weighted by atomic mass is 10.1. The molecule has 1 aliphatic heterocycles. The predicted octanol–water partition coefficient (Wildman–Crippen LogP) is 3.84. The number of piperidine rings is 1. The zero-order chi connectivity index (χ0) is 21.8. The number of likely N-dealkylation sites (tertiary alicyclic amines) is 1. The fourth-order valence-corrected chi connectivity index (χ4v) is 4.95. The van der Waals surface area contributed by atoms with Gasteiger partial charge in [-0.25, -0.2) is 4.98 Å². The van der Waals surface area contributed by atoms with Crippen molar-refractivity contribution in [1.82, 2.24) is 29.6 Å². The SMILES string of the molecule is O=c1[nH]c(CSc2nnc(CN3CCCCC3)n2Cc2ccccc2)nc2ccccc12. The van der Waals surface area contributed by atoms with Crippen LogP contribution in [0.5, 0.6) is 0 Å². The first-order chi connectivity index (χ1) is 15.8. The number of nitrogens with zero attached hydrogens (tertiary/aromatic N) is 5. The van der Waals surface area contributed by atoms with E-state index in [2.05, 4.69) is 53.9 Å². The van der Waals surface area contributed by atoms with Gasteiger partial charge in [-0.15, -0.1) is 10.2 Å². The Hall–Kier alpha value is -2.97. The molecule has 1 saturated heterocycles. The van der Waals surface area contributed by atoms with E-state index >= 15 is 0 Å². The third kappa shape index (κ3) is 4.76. The molecule has 5 rings (SSSR count). The summed E-state index contributed by atoms with van der Waals surface area (Å²) in [7, 11) is 0. The first-order valence-corrected chi connectivity index (χ1v) is 12.0. The fourth-order valence-electron chi connectivity index (χ4n) is 4.12. The Balaban J connectivity index is 1.39. The molecule has 8 heteroatoms. The van der Waals surface area contributed by atoms with Crippen LogP contribution in [0.4, 0.5) is 0 Å². The van der Waals surface area contributed by atoms with Crippen LogP contribution in [0.1, 0.15) is 36.5 Å². The molecule has 4 aromatic rings. The zero-order valence-electron chi connectivity index (χ0n) is 17.9. The number of para-hydroxylation sites is 1. The van der Waals surface area contributed by atoms with Crippen LogP contribution in [0.15, 0.2) is 64.5 Å². The van der Waals surface area contributed by atoms with E-state index in [1.807, 2.05) is 24.3 Å². The number of aromatic nitrogens is 5. The minimum Gasteiger partial charge on any atom is -0.309 e. The summed E-state index contributed by atoms with van der Waals surface area (Å²) < 4.78 is 2.20. The minimum atomic E-state index is -0.109. The van der Waals surface area contributed by atoms with Crippen LogP contribution in [-0.2, 0) is 18.8 Å². The molecule has 0 radical (unpaired) electrons. The van der Waals surface area contributed by atoms with Gasteiger partial charge in [-0.2, -0.15) is 0 Å². The topological polar surface area (TPSA) is 79.7 Å². The summed E-state index contributed by atoms with van der Waals surface area (Å²) in [6.07, 6.45) is 3.80. The van der Waals surface area contributed by atoms with Gasteiger partial charge < -0.3 is 9.55 Å². The van der Waals surface area contributed by atoms with Crippen LogP contribution in [0, 0.1) is 0 Å². The lowest BCUT2D eigenvalue weighted by Crippen LogP contribution is -2.30. The molecule has 2 aromatic heterocycles. The Kier molecular flexibility index (Phi) is 6.31. The molecule has 0 spiro atoms. The number of fused-ring (bicyclic) bond motifs is 1. The van der Waals surface area contributed by atoms with Gasteiger partial charge in [0.25, 0.3) is 5.56 Å². The van der Waals surface area contributed by atoms with Crippen molar-refractivity contribution in [3.63, 3.8) is 0 Å². The third-order valence-electron chi connectivity index (χ3n) is 5.79. The van der Waals surface area contributed by atoms with Crippen molar-refractivity contribution < 1.29 is 0 Å². The second-order valence-corrected chi connectivity index (χ2v) is 9.07. The van der Waals surface area contributed by atoms with E-state index in [-0.39, 0.29) is 5.56 Å². The van der Waals surface area contributed by atoms with Gasteiger partial charge in [0.15, 0.2) is 5.16 Å². The highest BCUT2D eigenvalue weighted by atomic mass is 32.2. The minimum absolute atomic E-state index is 0.109. The highest BCUT2D eigenvalue weighted by Crippen LogP contribution is 2.23. The molecule has 0 bridgehead atoms. The summed E-state index contributed by atoms with van der Waals surface area (Å²) in [5.41, 5.74) is 1.82. The monoisotopic (exact) mass is 446 g/mol. The first kappa shape index (κ1) is 20.9. The van der Waals surface area contributed by atoms with E-state index in [0.29, 0.717) is 22.5 Å². The van der Waals surface area contributed by atoms with Crippen LogP contribution in [0.2, 0.25) is 0 Å². The molecule has 164 valence electrons. The van der Waals surface area contributed by atoms with E-state index in [1.54, 1.807) is 17.8 Å². The Bertz CT molecular complexity index is 1250. The number of aromatic amines is 1. The molecule has 0 atom stereocenters. The largest absolute Gasteiger partial charge is 0.309 e. The molecule has 1 fully saturated rings. The average Bonchev–Trinajstić information content (AvgIpc) is 3.20. The molecule has 1 aliphatic rings. The Morgan fingerprint density at radius 2 is 1.69 bits per heavy atom. The van der Waals surface area contributed by atoms with E-state index in [4.69, 9.17) is 0 Å². The maximum atomic E-state index is 12.4. The number of benzene rings is 2. The van der Waals surface area contributed by atoms with Gasteiger partial charge in [0.1, 0.15) is 11.6 Å². The van der Waals surface area contributed by atoms with Crippen molar-refractivity contribution in [3.05, 3.63) is 82.2 Å². The Morgan fingerprint density at radius 3 is 2.53 bits per heavy atom. The number of hydrogen-bond acceptors (Lipinski definition) is 6. The van der Waals surface area contributed by atoms with Crippen molar-refractivity contribution in [3.8, 4) is 0 Å². The summed E-state index contributed by atoms with van der Waals surface area (Å²) in [5, 5.41) is 10.5. The summed E-state index contributed by atoms with van der Waals surface area (Å²) in [4.78, 5) is 22.4. The molecule has 0 saturated carbocycles. The summed E-state index contributed by atoms with van der Waals surface area (Å²) in [6, 6.07) is 17.8. The number of rotatable bonds is 7. The predicted molar refractivity (Wildman–Crippen MR) is 127 cm³/mol. The number of H-pyrrole nitrogens is 1. The maximum absolute atomic E-state index is 12.4. The number of nitrogens with one attached hydrogen (secondary N) is 1. The van der Waals surface area contributed by atoms with Crippen LogP contribution < -0.4 is 5.56 Å². The van der Waals surface area contributed by atoms with Gasteiger partial charge in [-0.3, -0.25) is 9.69 Å². The van der Waals surface area contributed by atoms with Crippen molar-refractivity contribution in [2.75, 3.05) is 13.1 Å². The van der Waals surface area contributed by atoms with E-state index in [0.717, 1.165) is 37.2 Å². The quantitative estimate of drug-likeness (QED) is 0.435. The Morgan fingerprint density at radius 1 is 0.906 bits per heavy atom. The molecule has 32 heavy (non-hydrogen) atoms. The van der Waals surface area contributed by atoms with Gasteiger partial charge >= 0.3 is 0 Å². The maximum Gasteiger partial charge on any atom is 0.258 e. The second kappa shape index (κ2) is 9.67. The van der Waals surface area contributed by atoms with Gasteiger partial charge in [0, 0.05) is 0 Å². The molecule has 3 heterocycles. The van der Waals surface area contributed by atoms with Crippen LogP contribution >= 0.6 is 11.8 Å². The van der Waals surface area contributed by atoms with Crippen LogP contribution in [0.3, 0.4) is 0 Å². The normalized spacial score (nSPS) is 14.8. The second-order valence-electron chi connectivity index (χ2n) is 8.13. The summed E-state index contributed by atoms with van der Waals surface area (Å²) >= 11 is 1.56.